The fraction of sp³-hybridized carbons (Fsp3) is 0.500. The molecule has 0 aromatic heterocycles. The lowest BCUT2D eigenvalue weighted by atomic mass is 9.97. The van der Waals surface area contributed by atoms with Gasteiger partial charge in [-0.15, -0.1) is 16.9 Å². The van der Waals surface area contributed by atoms with E-state index in [1.165, 1.54) is 48.4 Å². The van der Waals surface area contributed by atoms with Crippen LogP contribution in [0.15, 0.2) is 24.3 Å². The van der Waals surface area contributed by atoms with E-state index in [2.05, 4.69) is 31.2 Å². The Labute approximate surface area is 97.2 Å². The molecule has 0 aliphatic carbocycles. The average molecular weight is 236 g/mol. The van der Waals surface area contributed by atoms with E-state index in [1.807, 2.05) is 0 Å². The Hall–Kier alpha value is 0.145. The summed E-state index contributed by atoms with van der Waals surface area (Å²) in [5, 5.41) is 0. The maximum absolute atomic E-state index is 2.33. The molecule has 80 valence electrons. The molecule has 0 N–H and O–H groups in total. The summed E-state index contributed by atoms with van der Waals surface area (Å²) in [6.45, 7) is 2.30. The van der Waals surface area contributed by atoms with E-state index < -0.39 is 0 Å². The maximum atomic E-state index is 2.33. The van der Waals surface area contributed by atoms with Crippen LogP contribution in [0.3, 0.4) is 0 Å². The Morgan fingerprint density at radius 3 is 2.27 bits per heavy atom. The molecule has 1 aromatic rings. The van der Waals surface area contributed by atoms with Gasteiger partial charge in [-0.05, 0) is 23.5 Å². The van der Waals surface area contributed by atoms with Gasteiger partial charge in [0.15, 0.2) is 6.15 Å². The highest BCUT2D eigenvalue weighted by Gasteiger charge is 2.17. The van der Waals surface area contributed by atoms with Gasteiger partial charge in [0.25, 0.3) is 0 Å². The molecule has 0 saturated carbocycles. The highest BCUT2D eigenvalue weighted by atomic mass is 31.1. The van der Waals surface area contributed by atoms with Crippen molar-refractivity contribution >= 4 is 23.1 Å². The Bertz CT molecular complexity index is 287. The molecule has 0 bridgehead atoms. The fourth-order valence-corrected chi connectivity index (χ4v) is 5.68. The van der Waals surface area contributed by atoms with Crippen molar-refractivity contribution in [2.24, 2.45) is 0 Å². The third-order valence-corrected chi connectivity index (χ3v) is 7.00. The number of hydrogen-bond donors (Lipinski definition) is 0. The van der Waals surface area contributed by atoms with Crippen LogP contribution in [0.25, 0.3) is 0 Å². The van der Waals surface area contributed by atoms with Gasteiger partial charge in [0.05, 0.1) is 0 Å². The van der Waals surface area contributed by atoms with Gasteiger partial charge in [-0.3, -0.25) is 0 Å². The van der Waals surface area contributed by atoms with Gasteiger partial charge in [-0.25, -0.2) is 0 Å². The van der Waals surface area contributed by atoms with E-state index in [0.717, 1.165) is 6.15 Å². The summed E-state index contributed by atoms with van der Waals surface area (Å²) in [7, 11) is 2.35. The van der Waals surface area contributed by atoms with Crippen molar-refractivity contribution in [2.45, 2.75) is 38.4 Å². The van der Waals surface area contributed by atoms with Crippen LogP contribution in [0.4, 0.5) is 0 Å². The number of benzene rings is 1. The quantitative estimate of drug-likeness (QED) is 0.540. The Kier molecular flexibility index (Phi) is 4.67. The highest BCUT2D eigenvalue weighted by Crippen LogP contribution is 2.43. The lowest BCUT2D eigenvalue weighted by Crippen LogP contribution is -1.96. The monoisotopic (exact) mass is 236 g/mol. The third-order valence-electron chi connectivity index (χ3n) is 3.04. The van der Waals surface area contributed by atoms with Crippen molar-refractivity contribution in [1.29, 1.82) is 0 Å². The second kappa shape index (κ2) is 6.02. The second-order valence-corrected chi connectivity index (χ2v) is 7.72. The summed E-state index contributed by atoms with van der Waals surface area (Å²) in [6.07, 6.45) is 7.99. The Morgan fingerprint density at radius 2 is 1.73 bits per heavy atom. The van der Waals surface area contributed by atoms with Crippen molar-refractivity contribution in [3.63, 3.8) is 0 Å². The van der Waals surface area contributed by atoms with Crippen molar-refractivity contribution in [2.75, 3.05) is 0 Å². The molecule has 0 saturated heterocycles. The molecule has 2 rings (SSSR count). The topological polar surface area (TPSA) is 0 Å². The molecule has 1 heterocycles. The smallest absolute Gasteiger partial charge is 0.145 e. The van der Waals surface area contributed by atoms with Crippen molar-refractivity contribution in [3.8, 4) is 0 Å². The van der Waals surface area contributed by atoms with Crippen LogP contribution in [0.2, 0.25) is 6.32 Å². The molecule has 0 nitrogen and oxygen atoms in total. The fourth-order valence-electron chi connectivity index (χ4n) is 2.05. The maximum Gasteiger partial charge on any atom is 0.194 e. The number of unbranched alkanes of at least 4 members (excludes halogenated alkanes) is 1. The molecule has 2 unspecified atom stereocenters. The molecule has 0 fully saturated rings. The van der Waals surface area contributed by atoms with Gasteiger partial charge >= 0.3 is 0 Å². The zero-order chi connectivity index (χ0) is 10.5. The molecule has 0 amide bonds. The first-order chi connectivity index (χ1) is 7.40. The normalized spacial score (nSPS) is 19.1. The molecule has 3 heteroatoms. The zero-order valence-electron chi connectivity index (χ0n) is 9.42. The first kappa shape index (κ1) is 11.6. The first-order valence-electron chi connectivity index (χ1n) is 5.93. The number of hydrogen-bond acceptors (Lipinski definition) is 0. The predicted molar refractivity (Wildman–Crippen MR) is 75.9 cm³/mol. The van der Waals surface area contributed by atoms with Crippen LogP contribution in [0.1, 0.15) is 30.9 Å². The molecular formula is C12H19BP2. The van der Waals surface area contributed by atoms with E-state index in [9.17, 15) is 0 Å². The van der Waals surface area contributed by atoms with E-state index in [-0.39, 0.29) is 0 Å². The summed E-state index contributed by atoms with van der Waals surface area (Å²) in [6, 6.07) is 9.04. The van der Waals surface area contributed by atoms with Crippen LogP contribution in [0, 0.1) is 0 Å². The highest BCUT2D eigenvalue weighted by molar-refractivity contribution is 8.06. The predicted octanol–water partition coefficient (Wildman–Crippen LogP) is 4.35. The van der Waals surface area contributed by atoms with E-state index in [4.69, 9.17) is 0 Å². The summed E-state index contributed by atoms with van der Waals surface area (Å²) >= 11 is 0. The van der Waals surface area contributed by atoms with Gasteiger partial charge < -0.3 is 0 Å². The van der Waals surface area contributed by atoms with E-state index in [1.54, 1.807) is 11.1 Å². The van der Waals surface area contributed by atoms with Gasteiger partial charge in [-0.2, -0.15) is 0 Å². The lowest BCUT2D eigenvalue weighted by molar-refractivity contribution is 0.881. The van der Waals surface area contributed by atoms with Gasteiger partial charge in [0.2, 0.25) is 0 Å². The second-order valence-electron chi connectivity index (χ2n) is 4.23. The van der Waals surface area contributed by atoms with Crippen molar-refractivity contribution in [1.82, 2.24) is 0 Å². The van der Waals surface area contributed by atoms with Crippen LogP contribution in [0.5, 0.6) is 0 Å². The van der Waals surface area contributed by atoms with Crippen molar-refractivity contribution < 1.29 is 0 Å². The average Bonchev–Trinajstić information content (AvgIpc) is 2.49. The molecule has 1 aliphatic heterocycles. The molecule has 15 heavy (non-hydrogen) atoms. The summed E-state index contributed by atoms with van der Waals surface area (Å²) in [5.74, 6) is 0. The lowest BCUT2D eigenvalue weighted by Gasteiger charge is -2.08. The Balaban J connectivity index is 1.96. The number of fused-ring (bicyclic) bond motifs is 1. The minimum atomic E-state index is 1.04. The van der Waals surface area contributed by atoms with Crippen LogP contribution in [-0.2, 0) is 12.3 Å². The van der Waals surface area contributed by atoms with Gasteiger partial charge in [0, 0.05) is 0 Å². The SMILES string of the molecule is CCCCB1PCc2ccccc2CP1. The van der Waals surface area contributed by atoms with E-state index >= 15 is 0 Å². The standard InChI is InChI=1S/C12H19BP2/c1-2-3-8-13-14-9-11-6-4-5-7-12(11)10-15-13/h4-7,14-15H,2-3,8-10H2,1H3. The van der Waals surface area contributed by atoms with Crippen molar-refractivity contribution in [3.05, 3.63) is 35.4 Å². The largest absolute Gasteiger partial charge is 0.194 e. The third kappa shape index (κ3) is 3.30. The zero-order valence-corrected chi connectivity index (χ0v) is 11.4. The molecule has 0 spiro atoms. The first-order valence-corrected chi connectivity index (χ1v) is 8.50. The van der Waals surface area contributed by atoms with Crippen LogP contribution >= 0.6 is 16.9 Å². The molecule has 1 aliphatic rings. The molecular weight excluding hydrogens is 217 g/mol. The van der Waals surface area contributed by atoms with Gasteiger partial charge in [-0.1, -0.05) is 50.4 Å². The summed E-state index contributed by atoms with van der Waals surface area (Å²) in [5.41, 5.74) is 3.25. The van der Waals surface area contributed by atoms with Crippen LogP contribution in [-0.4, -0.2) is 6.15 Å². The molecule has 2 atom stereocenters. The Morgan fingerprint density at radius 1 is 1.13 bits per heavy atom. The number of rotatable bonds is 3. The van der Waals surface area contributed by atoms with Crippen LogP contribution < -0.4 is 0 Å². The minimum absolute atomic E-state index is 1.04. The minimum Gasteiger partial charge on any atom is -0.145 e. The summed E-state index contributed by atoms with van der Waals surface area (Å²) < 4.78 is 0. The van der Waals surface area contributed by atoms with E-state index in [0.29, 0.717) is 0 Å². The molecule has 1 aromatic carbocycles. The van der Waals surface area contributed by atoms with Gasteiger partial charge in [0.1, 0.15) is 0 Å². The molecule has 0 radical (unpaired) electrons. The summed E-state index contributed by atoms with van der Waals surface area (Å²) in [4.78, 5) is 0.